The monoisotopic (exact) mass is 392 g/mol. The smallest absolute Gasteiger partial charge is 0.387 e. The molecule has 1 aromatic carbocycles. The van der Waals surface area contributed by atoms with Gasteiger partial charge in [0, 0.05) is 18.7 Å². The Bertz CT molecular complexity index is 1070. The minimum absolute atomic E-state index is 0.0367. The van der Waals surface area contributed by atoms with E-state index in [1.165, 1.54) is 16.7 Å². The van der Waals surface area contributed by atoms with Crippen molar-refractivity contribution in [3.63, 3.8) is 0 Å². The highest BCUT2D eigenvalue weighted by molar-refractivity contribution is 5.77. The molecule has 3 rings (SSSR count). The Kier molecular flexibility index (Phi) is 5.91. The van der Waals surface area contributed by atoms with Gasteiger partial charge in [0.2, 0.25) is 0 Å². The van der Waals surface area contributed by atoms with Crippen LogP contribution in [-0.2, 0) is 13.1 Å². The maximum atomic E-state index is 12.5. The standard InChI is InChI=1S/C19H22F2N4O3/c1-3-5-11-25-16-14(17(26)23-19(25)27)24(10-4-2)15(22-16)12-6-8-13(9-7-12)28-18(20)21/h6-9,18H,3-5,10-11H2,1-2H3,(H,23,26,27). The number of unbranched alkanes of at least 4 members (excludes halogenated alkanes) is 1. The fourth-order valence-electron chi connectivity index (χ4n) is 3.14. The Balaban J connectivity index is 2.19. The maximum absolute atomic E-state index is 12.5. The topological polar surface area (TPSA) is 81.9 Å². The van der Waals surface area contributed by atoms with Crippen LogP contribution < -0.4 is 16.0 Å². The fraction of sp³-hybridized carbons (Fsp3) is 0.421. The van der Waals surface area contributed by atoms with Crippen molar-refractivity contribution in [2.24, 2.45) is 0 Å². The Morgan fingerprint density at radius 1 is 1.07 bits per heavy atom. The van der Waals surface area contributed by atoms with Gasteiger partial charge in [0.1, 0.15) is 11.6 Å². The molecule has 0 aliphatic rings. The maximum Gasteiger partial charge on any atom is 0.387 e. The highest BCUT2D eigenvalue weighted by Crippen LogP contribution is 2.25. The van der Waals surface area contributed by atoms with Crippen LogP contribution in [-0.4, -0.2) is 25.7 Å². The SMILES string of the molecule is CCCCn1c(=O)[nH]c(=O)c2c1nc(-c1ccc(OC(F)F)cc1)n2CCC. The highest BCUT2D eigenvalue weighted by atomic mass is 19.3. The number of alkyl halides is 2. The molecule has 0 aliphatic carbocycles. The van der Waals surface area contributed by atoms with Gasteiger partial charge in [-0.1, -0.05) is 20.3 Å². The van der Waals surface area contributed by atoms with E-state index in [4.69, 9.17) is 0 Å². The van der Waals surface area contributed by atoms with Gasteiger partial charge < -0.3 is 9.30 Å². The van der Waals surface area contributed by atoms with Crippen molar-refractivity contribution in [3.8, 4) is 17.1 Å². The lowest BCUT2D eigenvalue weighted by Crippen LogP contribution is -2.31. The van der Waals surface area contributed by atoms with Crippen LogP contribution in [0.2, 0.25) is 0 Å². The number of ether oxygens (including phenoxy) is 1. The van der Waals surface area contributed by atoms with Crippen LogP contribution in [0, 0.1) is 0 Å². The summed E-state index contributed by atoms with van der Waals surface area (Å²) >= 11 is 0. The van der Waals surface area contributed by atoms with E-state index in [1.807, 2.05) is 13.8 Å². The first-order chi connectivity index (χ1) is 13.5. The zero-order valence-electron chi connectivity index (χ0n) is 15.7. The summed E-state index contributed by atoms with van der Waals surface area (Å²) in [6, 6.07) is 6.05. The summed E-state index contributed by atoms with van der Waals surface area (Å²) in [5.41, 5.74) is 0.330. The summed E-state index contributed by atoms with van der Waals surface area (Å²) in [4.78, 5) is 31.8. The lowest BCUT2D eigenvalue weighted by Gasteiger charge is -2.09. The quantitative estimate of drug-likeness (QED) is 0.637. The molecule has 7 nitrogen and oxygen atoms in total. The molecule has 0 radical (unpaired) electrons. The second-order valence-electron chi connectivity index (χ2n) is 6.43. The minimum Gasteiger partial charge on any atom is -0.435 e. The summed E-state index contributed by atoms with van der Waals surface area (Å²) in [5, 5.41) is 0. The number of halogens is 2. The van der Waals surface area contributed by atoms with Crippen molar-refractivity contribution >= 4 is 11.2 Å². The van der Waals surface area contributed by atoms with Gasteiger partial charge in [0.25, 0.3) is 5.56 Å². The molecule has 1 N–H and O–H groups in total. The van der Waals surface area contributed by atoms with Gasteiger partial charge in [-0.2, -0.15) is 8.78 Å². The summed E-state index contributed by atoms with van der Waals surface area (Å²) < 4.78 is 32.4. The lowest BCUT2D eigenvalue weighted by atomic mass is 10.2. The second-order valence-corrected chi connectivity index (χ2v) is 6.43. The molecule has 0 atom stereocenters. The van der Waals surface area contributed by atoms with Gasteiger partial charge >= 0.3 is 12.3 Å². The van der Waals surface area contributed by atoms with Crippen LogP contribution in [0.25, 0.3) is 22.6 Å². The van der Waals surface area contributed by atoms with E-state index in [9.17, 15) is 18.4 Å². The minimum atomic E-state index is -2.90. The third kappa shape index (κ3) is 3.83. The summed E-state index contributed by atoms with van der Waals surface area (Å²) in [6.07, 6.45) is 2.41. The number of benzene rings is 1. The number of rotatable bonds is 8. The molecule has 28 heavy (non-hydrogen) atoms. The number of fused-ring (bicyclic) bond motifs is 1. The van der Waals surface area contributed by atoms with Crippen molar-refractivity contribution in [1.82, 2.24) is 19.1 Å². The predicted molar refractivity (Wildman–Crippen MR) is 102 cm³/mol. The molecule has 0 saturated heterocycles. The van der Waals surface area contributed by atoms with Gasteiger partial charge in [-0.15, -0.1) is 0 Å². The molecule has 150 valence electrons. The number of nitrogens with one attached hydrogen (secondary N) is 1. The van der Waals surface area contributed by atoms with Gasteiger partial charge in [-0.25, -0.2) is 9.78 Å². The van der Waals surface area contributed by atoms with E-state index in [1.54, 1.807) is 16.7 Å². The molecule has 9 heteroatoms. The summed E-state index contributed by atoms with van der Waals surface area (Å²) in [5.74, 6) is 0.538. The Morgan fingerprint density at radius 3 is 2.39 bits per heavy atom. The number of imidazole rings is 1. The molecule has 2 aromatic heterocycles. The number of hydrogen-bond donors (Lipinski definition) is 1. The molecule has 0 bridgehead atoms. The fourth-order valence-corrected chi connectivity index (χ4v) is 3.14. The number of aromatic nitrogens is 4. The van der Waals surface area contributed by atoms with E-state index in [2.05, 4.69) is 14.7 Å². The zero-order chi connectivity index (χ0) is 20.3. The highest BCUT2D eigenvalue weighted by Gasteiger charge is 2.19. The largest absolute Gasteiger partial charge is 0.435 e. The molecular weight excluding hydrogens is 370 g/mol. The van der Waals surface area contributed by atoms with Crippen LogP contribution >= 0.6 is 0 Å². The van der Waals surface area contributed by atoms with Crippen LogP contribution in [0.3, 0.4) is 0 Å². The average Bonchev–Trinajstić information content (AvgIpc) is 3.02. The summed E-state index contributed by atoms with van der Waals surface area (Å²) in [7, 11) is 0. The molecule has 0 saturated carbocycles. The van der Waals surface area contributed by atoms with Gasteiger partial charge in [0.15, 0.2) is 11.2 Å². The molecule has 0 fully saturated rings. The van der Waals surface area contributed by atoms with Crippen molar-refractivity contribution in [2.45, 2.75) is 52.8 Å². The normalized spacial score (nSPS) is 11.5. The van der Waals surface area contributed by atoms with Crippen LogP contribution in [0.4, 0.5) is 8.78 Å². The third-order valence-corrected chi connectivity index (χ3v) is 4.41. The molecule has 0 unspecified atom stereocenters. The van der Waals surface area contributed by atoms with Gasteiger partial charge in [-0.3, -0.25) is 14.3 Å². The third-order valence-electron chi connectivity index (χ3n) is 4.41. The molecular formula is C19H22F2N4O3. The first-order valence-corrected chi connectivity index (χ1v) is 9.24. The first-order valence-electron chi connectivity index (χ1n) is 9.24. The van der Waals surface area contributed by atoms with Crippen molar-refractivity contribution in [2.75, 3.05) is 0 Å². The van der Waals surface area contributed by atoms with E-state index in [-0.39, 0.29) is 5.75 Å². The second kappa shape index (κ2) is 8.37. The predicted octanol–water partition coefficient (Wildman–Crippen LogP) is 3.36. The molecule has 0 amide bonds. The lowest BCUT2D eigenvalue weighted by molar-refractivity contribution is -0.0498. The summed E-state index contributed by atoms with van der Waals surface area (Å²) in [6.45, 7) is 2.05. The van der Waals surface area contributed by atoms with E-state index in [0.29, 0.717) is 35.6 Å². The van der Waals surface area contributed by atoms with Crippen LogP contribution in [0.1, 0.15) is 33.1 Å². The number of aryl methyl sites for hydroxylation is 2. The molecule has 0 aliphatic heterocycles. The van der Waals surface area contributed by atoms with Crippen molar-refractivity contribution < 1.29 is 13.5 Å². The Labute approximate surface area is 159 Å². The van der Waals surface area contributed by atoms with Crippen LogP contribution in [0.5, 0.6) is 5.75 Å². The average molecular weight is 392 g/mol. The number of nitrogens with zero attached hydrogens (tertiary/aromatic N) is 3. The van der Waals surface area contributed by atoms with Crippen molar-refractivity contribution in [3.05, 3.63) is 45.1 Å². The number of hydrogen-bond acceptors (Lipinski definition) is 4. The molecule has 3 aromatic rings. The Hall–Kier alpha value is -2.97. The zero-order valence-corrected chi connectivity index (χ0v) is 15.7. The first kappa shape index (κ1) is 19.8. The van der Waals surface area contributed by atoms with E-state index < -0.39 is 17.9 Å². The molecule has 2 heterocycles. The van der Waals surface area contributed by atoms with Crippen molar-refractivity contribution in [1.29, 1.82) is 0 Å². The Morgan fingerprint density at radius 2 is 1.79 bits per heavy atom. The van der Waals surface area contributed by atoms with Gasteiger partial charge in [-0.05, 0) is 37.1 Å². The number of aromatic amines is 1. The van der Waals surface area contributed by atoms with E-state index in [0.717, 1.165) is 19.3 Å². The van der Waals surface area contributed by atoms with Gasteiger partial charge in [0.05, 0.1) is 0 Å². The van der Waals surface area contributed by atoms with E-state index >= 15 is 0 Å². The molecule has 0 spiro atoms. The van der Waals surface area contributed by atoms with Crippen LogP contribution in [0.15, 0.2) is 33.9 Å². The number of H-pyrrole nitrogens is 1.